The van der Waals surface area contributed by atoms with Crippen LogP contribution in [0.5, 0.6) is 0 Å². The summed E-state index contributed by atoms with van der Waals surface area (Å²) in [4.78, 5) is 0. The van der Waals surface area contributed by atoms with Gasteiger partial charge < -0.3 is 0 Å². The van der Waals surface area contributed by atoms with E-state index in [1.165, 1.54) is 26.0 Å². The first-order chi connectivity index (χ1) is 7.58. The first-order valence-corrected chi connectivity index (χ1v) is 5.75. The summed E-state index contributed by atoms with van der Waals surface area (Å²) in [5, 5.41) is 0. The maximum Gasteiger partial charge on any atom is 0.278 e. The Kier molecular flexibility index (Phi) is 3.60. The number of alkyl halides is 2. The van der Waals surface area contributed by atoms with Crippen molar-refractivity contribution in [2.45, 2.75) is 46.0 Å². The summed E-state index contributed by atoms with van der Waals surface area (Å²) in [5.41, 5.74) is -0.650. The van der Waals surface area contributed by atoms with E-state index in [0.29, 0.717) is 5.56 Å². The van der Waals surface area contributed by atoms with Gasteiger partial charge in [-0.1, -0.05) is 52.8 Å². The smallest absolute Gasteiger partial charge is 0.206 e. The van der Waals surface area contributed by atoms with Crippen LogP contribution < -0.4 is 0 Å². The van der Waals surface area contributed by atoms with E-state index in [1.807, 2.05) is 20.8 Å². The van der Waals surface area contributed by atoms with Gasteiger partial charge >= 0.3 is 0 Å². The summed E-state index contributed by atoms with van der Waals surface area (Å²) in [5.74, 6) is -4.84. The lowest BCUT2D eigenvalue weighted by atomic mass is 9.84. The zero-order chi connectivity index (χ0) is 13.4. The molecule has 0 saturated heterocycles. The average Bonchev–Trinajstić information content (AvgIpc) is 2.15. The molecule has 0 bridgehead atoms. The van der Waals surface area contributed by atoms with Crippen LogP contribution in [-0.4, -0.2) is 0 Å². The second-order valence-electron chi connectivity index (χ2n) is 5.69. The molecule has 0 aliphatic rings. The van der Waals surface area contributed by atoms with E-state index in [9.17, 15) is 13.2 Å². The summed E-state index contributed by atoms with van der Waals surface area (Å²) >= 11 is 0. The van der Waals surface area contributed by atoms with Gasteiger partial charge in [0.1, 0.15) is 5.82 Å². The fraction of sp³-hybridized carbons (Fsp3) is 0.571. The van der Waals surface area contributed by atoms with E-state index in [0.717, 1.165) is 0 Å². The SMILES string of the molecule is CC(C)C(F)(F)c1cccc(C(C)(C)C)c1F. The van der Waals surface area contributed by atoms with Gasteiger partial charge in [0.05, 0.1) is 5.56 Å². The van der Waals surface area contributed by atoms with Gasteiger partial charge in [-0.25, -0.2) is 13.2 Å². The molecule has 0 aromatic heterocycles. The molecular weight excluding hydrogens is 225 g/mol. The molecule has 17 heavy (non-hydrogen) atoms. The molecule has 0 fully saturated rings. The van der Waals surface area contributed by atoms with Crippen molar-refractivity contribution in [3.05, 3.63) is 35.1 Å². The third-order valence-electron chi connectivity index (χ3n) is 2.89. The highest BCUT2D eigenvalue weighted by molar-refractivity contribution is 5.33. The number of hydrogen-bond donors (Lipinski definition) is 0. The largest absolute Gasteiger partial charge is 0.278 e. The van der Waals surface area contributed by atoms with E-state index in [4.69, 9.17) is 0 Å². The summed E-state index contributed by atoms with van der Waals surface area (Å²) in [7, 11) is 0. The number of hydrogen-bond acceptors (Lipinski definition) is 0. The predicted octanol–water partition coefficient (Wildman–Crippen LogP) is 4.87. The minimum absolute atomic E-state index is 0.329. The lowest BCUT2D eigenvalue weighted by Crippen LogP contribution is -2.25. The summed E-state index contributed by atoms with van der Waals surface area (Å²) in [6, 6.07) is 4.23. The van der Waals surface area contributed by atoms with Crippen LogP contribution in [0.4, 0.5) is 13.2 Å². The van der Waals surface area contributed by atoms with Gasteiger partial charge in [0, 0.05) is 5.92 Å². The van der Waals surface area contributed by atoms with Crippen molar-refractivity contribution in [3.8, 4) is 0 Å². The van der Waals surface area contributed by atoms with Crippen LogP contribution in [0.3, 0.4) is 0 Å². The lowest BCUT2D eigenvalue weighted by Gasteiger charge is -2.26. The first kappa shape index (κ1) is 14.1. The fourth-order valence-electron chi connectivity index (χ4n) is 1.68. The van der Waals surface area contributed by atoms with Crippen LogP contribution >= 0.6 is 0 Å². The second-order valence-corrected chi connectivity index (χ2v) is 5.69. The lowest BCUT2D eigenvalue weighted by molar-refractivity contribution is -0.0545. The Hall–Kier alpha value is -0.990. The van der Waals surface area contributed by atoms with Gasteiger partial charge in [-0.3, -0.25) is 0 Å². The van der Waals surface area contributed by atoms with Gasteiger partial charge in [-0.2, -0.15) is 0 Å². The number of halogens is 3. The van der Waals surface area contributed by atoms with Crippen LogP contribution in [0.1, 0.15) is 45.7 Å². The minimum atomic E-state index is -3.13. The molecule has 96 valence electrons. The van der Waals surface area contributed by atoms with Crippen LogP contribution in [-0.2, 0) is 11.3 Å². The monoisotopic (exact) mass is 244 g/mol. The highest BCUT2D eigenvalue weighted by Gasteiger charge is 2.39. The van der Waals surface area contributed by atoms with Gasteiger partial charge in [-0.15, -0.1) is 0 Å². The molecule has 0 unspecified atom stereocenters. The molecule has 0 aliphatic carbocycles. The maximum atomic E-state index is 14.1. The molecule has 0 aliphatic heterocycles. The van der Waals surface area contributed by atoms with E-state index >= 15 is 0 Å². The standard InChI is InChI=1S/C14H19F3/c1-9(2)14(16,17)11-8-6-7-10(12(11)15)13(3,4)5/h6-9H,1-5H3. The van der Waals surface area contributed by atoms with Gasteiger partial charge in [-0.05, 0) is 11.0 Å². The van der Waals surface area contributed by atoms with Crippen molar-refractivity contribution >= 4 is 0 Å². The molecule has 0 spiro atoms. The predicted molar refractivity (Wildman–Crippen MR) is 63.8 cm³/mol. The molecule has 1 aromatic rings. The molecule has 1 rings (SSSR count). The second kappa shape index (κ2) is 4.35. The summed E-state index contributed by atoms with van der Waals surface area (Å²) in [6.45, 7) is 8.21. The Morgan fingerprint density at radius 1 is 1.00 bits per heavy atom. The van der Waals surface area contributed by atoms with Crippen molar-refractivity contribution in [2.24, 2.45) is 5.92 Å². The van der Waals surface area contributed by atoms with Crippen LogP contribution in [0.25, 0.3) is 0 Å². The third kappa shape index (κ3) is 2.64. The van der Waals surface area contributed by atoms with Gasteiger partial charge in [0.15, 0.2) is 0 Å². The topological polar surface area (TPSA) is 0 Å². The van der Waals surface area contributed by atoms with Gasteiger partial charge in [0.25, 0.3) is 5.92 Å². The Morgan fingerprint density at radius 2 is 1.47 bits per heavy atom. The van der Waals surface area contributed by atoms with Crippen molar-refractivity contribution in [3.63, 3.8) is 0 Å². The summed E-state index contributed by atoms with van der Waals surface area (Å²) in [6.07, 6.45) is 0. The molecule has 0 heterocycles. The molecule has 0 atom stereocenters. The average molecular weight is 244 g/mol. The molecule has 3 heteroatoms. The zero-order valence-electron chi connectivity index (χ0n) is 10.9. The van der Waals surface area contributed by atoms with E-state index in [2.05, 4.69) is 0 Å². The molecule has 1 aromatic carbocycles. The fourth-order valence-corrected chi connectivity index (χ4v) is 1.68. The normalized spacial score (nSPS) is 13.2. The highest BCUT2D eigenvalue weighted by Crippen LogP contribution is 2.39. The Balaban J connectivity index is 3.39. The van der Waals surface area contributed by atoms with Crippen molar-refractivity contribution < 1.29 is 13.2 Å². The maximum absolute atomic E-state index is 14.1. The van der Waals surface area contributed by atoms with Crippen molar-refractivity contribution in [2.75, 3.05) is 0 Å². The Labute approximate surface area is 101 Å². The minimum Gasteiger partial charge on any atom is -0.206 e. The molecule has 0 N–H and O–H groups in total. The third-order valence-corrected chi connectivity index (χ3v) is 2.89. The van der Waals surface area contributed by atoms with Crippen LogP contribution in [0.2, 0.25) is 0 Å². The van der Waals surface area contributed by atoms with Crippen LogP contribution in [0, 0.1) is 11.7 Å². The zero-order valence-corrected chi connectivity index (χ0v) is 10.9. The molecule has 0 amide bonds. The van der Waals surface area contributed by atoms with Crippen molar-refractivity contribution in [1.29, 1.82) is 0 Å². The Bertz CT molecular complexity index is 400. The number of rotatable bonds is 2. The van der Waals surface area contributed by atoms with E-state index in [1.54, 1.807) is 6.07 Å². The van der Waals surface area contributed by atoms with E-state index < -0.39 is 28.6 Å². The molecule has 0 saturated carbocycles. The highest BCUT2D eigenvalue weighted by atomic mass is 19.3. The van der Waals surface area contributed by atoms with E-state index in [-0.39, 0.29) is 0 Å². The summed E-state index contributed by atoms with van der Waals surface area (Å²) < 4.78 is 41.9. The molecule has 0 radical (unpaired) electrons. The quantitative estimate of drug-likeness (QED) is 0.696. The van der Waals surface area contributed by atoms with Gasteiger partial charge in [0.2, 0.25) is 0 Å². The number of benzene rings is 1. The Morgan fingerprint density at radius 3 is 1.88 bits per heavy atom. The molecule has 0 nitrogen and oxygen atoms in total. The molecular formula is C14H19F3. The van der Waals surface area contributed by atoms with Crippen molar-refractivity contribution in [1.82, 2.24) is 0 Å². The first-order valence-electron chi connectivity index (χ1n) is 5.75. The van der Waals surface area contributed by atoms with Crippen LogP contribution in [0.15, 0.2) is 18.2 Å².